The Morgan fingerprint density at radius 1 is 0.727 bits per heavy atom. The third-order valence-electron chi connectivity index (χ3n) is 3.49. The maximum absolute atomic E-state index is 4.88. The van der Waals surface area contributed by atoms with Gasteiger partial charge in [-0.3, -0.25) is 0 Å². The lowest BCUT2D eigenvalue weighted by atomic mass is 9.91. The number of unbranched alkanes of at least 4 members (excludes halogenated alkanes) is 2. The SMILES string of the molecule is CC(C)c1ccccc1C(C)C.CCCCOOCCCC. The molecule has 0 radical (unpaired) electrons. The first-order chi connectivity index (χ1) is 10.5. The predicted octanol–water partition coefficient (Wildman–Crippen LogP) is 6.47. The molecule has 0 aromatic heterocycles. The van der Waals surface area contributed by atoms with Gasteiger partial charge in [-0.25, -0.2) is 9.78 Å². The molecule has 1 aromatic carbocycles. The van der Waals surface area contributed by atoms with Crippen molar-refractivity contribution in [1.82, 2.24) is 0 Å². The van der Waals surface area contributed by atoms with Crippen LogP contribution >= 0.6 is 0 Å². The first-order valence-electron chi connectivity index (χ1n) is 8.87. The Bertz CT molecular complexity index is 323. The van der Waals surface area contributed by atoms with Crippen LogP contribution in [0.2, 0.25) is 0 Å². The van der Waals surface area contributed by atoms with Gasteiger partial charge in [0.2, 0.25) is 0 Å². The van der Waals surface area contributed by atoms with Gasteiger partial charge in [-0.2, -0.15) is 0 Å². The second kappa shape index (κ2) is 13.8. The summed E-state index contributed by atoms with van der Waals surface area (Å²) in [6.45, 7) is 14.7. The zero-order valence-corrected chi connectivity index (χ0v) is 15.5. The lowest BCUT2D eigenvalue weighted by Gasteiger charge is -2.14. The van der Waals surface area contributed by atoms with Crippen molar-refractivity contribution in [1.29, 1.82) is 0 Å². The normalized spacial score (nSPS) is 10.7. The first-order valence-corrected chi connectivity index (χ1v) is 8.87. The van der Waals surface area contributed by atoms with Crippen molar-refractivity contribution >= 4 is 0 Å². The lowest BCUT2D eigenvalue weighted by molar-refractivity contribution is -0.295. The summed E-state index contributed by atoms with van der Waals surface area (Å²) in [4.78, 5) is 9.75. The predicted molar refractivity (Wildman–Crippen MR) is 96.3 cm³/mol. The van der Waals surface area contributed by atoms with E-state index in [1.54, 1.807) is 0 Å². The van der Waals surface area contributed by atoms with Crippen molar-refractivity contribution in [2.75, 3.05) is 13.2 Å². The molecule has 22 heavy (non-hydrogen) atoms. The summed E-state index contributed by atoms with van der Waals surface area (Å²) in [5.41, 5.74) is 2.99. The summed E-state index contributed by atoms with van der Waals surface area (Å²) in [7, 11) is 0. The van der Waals surface area contributed by atoms with E-state index in [0.717, 1.165) is 38.9 Å². The summed E-state index contributed by atoms with van der Waals surface area (Å²) in [6.07, 6.45) is 4.51. The van der Waals surface area contributed by atoms with Crippen LogP contribution in [0.5, 0.6) is 0 Å². The topological polar surface area (TPSA) is 18.5 Å². The zero-order chi connectivity index (χ0) is 16.8. The largest absolute Gasteiger partial charge is 0.237 e. The quantitative estimate of drug-likeness (QED) is 0.296. The smallest absolute Gasteiger partial charge is 0.0822 e. The Balaban J connectivity index is 0.000000409. The molecule has 2 heteroatoms. The van der Waals surface area contributed by atoms with Gasteiger partial charge in [0.05, 0.1) is 13.2 Å². The van der Waals surface area contributed by atoms with Crippen molar-refractivity contribution in [3.63, 3.8) is 0 Å². The van der Waals surface area contributed by atoms with Crippen molar-refractivity contribution < 1.29 is 9.78 Å². The molecule has 0 fully saturated rings. The molecule has 0 N–H and O–H groups in total. The standard InChI is InChI=1S/C12H18.C8H18O2/c1-9(2)11-7-5-6-8-12(11)10(3)4;1-3-5-7-9-10-8-6-4-2/h5-10H,1-4H3;3-8H2,1-2H3. The molecular formula is C20H36O2. The average molecular weight is 309 g/mol. The lowest BCUT2D eigenvalue weighted by Crippen LogP contribution is -1.97. The van der Waals surface area contributed by atoms with Crippen molar-refractivity contribution in [2.24, 2.45) is 0 Å². The van der Waals surface area contributed by atoms with Gasteiger partial charge in [0, 0.05) is 0 Å². The molecule has 0 unspecified atom stereocenters. The molecule has 0 atom stereocenters. The van der Waals surface area contributed by atoms with E-state index >= 15 is 0 Å². The number of hydrogen-bond donors (Lipinski definition) is 0. The minimum atomic E-state index is 0.642. The Hall–Kier alpha value is -0.860. The van der Waals surface area contributed by atoms with Crippen LogP contribution in [-0.4, -0.2) is 13.2 Å². The zero-order valence-electron chi connectivity index (χ0n) is 15.5. The fourth-order valence-electron chi connectivity index (χ4n) is 2.09. The van der Waals surface area contributed by atoms with E-state index in [1.165, 1.54) is 11.1 Å². The monoisotopic (exact) mass is 308 g/mol. The molecule has 0 aliphatic heterocycles. The van der Waals surface area contributed by atoms with Gasteiger partial charge in [0.15, 0.2) is 0 Å². The highest BCUT2D eigenvalue weighted by atomic mass is 17.2. The maximum atomic E-state index is 4.88. The molecule has 0 spiro atoms. The van der Waals surface area contributed by atoms with Gasteiger partial charge in [0.1, 0.15) is 0 Å². The van der Waals surface area contributed by atoms with Gasteiger partial charge < -0.3 is 0 Å². The second-order valence-corrected chi connectivity index (χ2v) is 6.29. The first kappa shape index (κ1) is 21.1. The van der Waals surface area contributed by atoms with E-state index in [2.05, 4.69) is 65.8 Å². The molecule has 0 aliphatic carbocycles. The molecule has 1 aromatic rings. The van der Waals surface area contributed by atoms with Gasteiger partial charge in [-0.15, -0.1) is 0 Å². The van der Waals surface area contributed by atoms with Crippen LogP contribution in [0.15, 0.2) is 24.3 Å². The van der Waals surface area contributed by atoms with E-state index in [4.69, 9.17) is 9.78 Å². The van der Waals surface area contributed by atoms with Crippen LogP contribution in [0, 0.1) is 0 Å². The summed E-state index contributed by atoms with van der Waals surface area (Å²) < 4.78 is 0. The fraction of sp³-hybridized carbons (Fsp3) is 0.700. The van der Waals surface area contributed by atoms with Crippen LogP contribution in [-0.2, 0) is 9.78 Å². The van der Waals surface area contributed by atoms with Crippen molar-refractivity contribution in [2.45, 2.75) is 79.1 Å². The minimum absolute atomic E-state index is 0.642. The van der Waals surface area contributed by atoms with Crippen LogP contribution < -0.4 is 0 Å². The van der Waals surface area contributed by atoms with Gasteiger partial charge >= 0.3 is 0 Å². The van der Waals surface area contributed by atoms with Gasteiger partial charge in [0.25, 0.3) is 0 Å². The maximum Gasteiger partial charge on any atom is 0.0822 e. The van der Waals surface area contributed by atoms with Crippen LogP contribution in [0.1, 0.15) is 90.2 Å². The minimum Gasteiger partial charge on any atom is -0.237 e. The molecule has 0 saturated heterocycles. The van der Waals surface area contributed by atoms with Crippen LogP contribution in [0.3, 0.4) is 0 Å². The summed E-state index contributed by atoms with van der Waals surface area (Å²) in [5, 5.41) is 0. The van der Waals surface area contributed by atoms with Gasteiger partial charge in [-0.1, -0.05) is 78.6 Å². The van der Waals surface area contributed by atoms with Crippen molar-refractivity contribution in [3.05, 3.63) is 35.4 Å². The van der Waals surface area contributed by atoms with E-state index in [1.807, 2.05) is 0 Å². The summed E-state index contributed by atoms with van der Waals surface area (Å²) in [5.74, 6) is 1.28. The van der Waals surface area contributed by atoms with Crippen LogP contribution in [0.4, 0.5) is 0 Å². The van der Waals surface area contributed by atoms with E-state index < -0.39 is 0 Å². The van der Waals surface area contributed by atoms with Crippen LogP contribution in [0.25, 0.3) is 0 Å². The second-order valence-electron chi connectivity index (χ2n) is 6.29. The highest BCUT2D eigenvalue weighted by Gasteiger charge is 2.07. The highest BCUT2D eigenvalue weighted by Crippen LogP contribution is 2.25. The summed E-state index contributed by atoms with van der Waals surface area (Å²) in [6, 6.07) is 8.72. The average Bonchev–Trinajstić information content (AvgIpc) is 2.51. The van der Waals surface area contributed by atoms with E-state index in [0.29, 0.717) is 11.8 Å². The Morgan fingerprint density at radius 2 is 1.09 bits per heavy atom. The highest BCUT2D eigenvalue weighted by molar-refractivity contribution is 5.31. The molecular weight excluding hydrogens is 272 g/mol. The Kier molecular flexibility index (Phi) is 13.2. The van der Waals surface area contributed by atoms with E-state index in [-0.39, 0.29) is 0 Å². The molecule has 0 heterocycles. The molecule has 0 bridgehead atoms. The molecule has 0 amide bonds. The van der Waals surface area contributed by atoms with Gasteiger partial charge in [-0.05, 0) is 35.8 Å². The molecule has 128 valence electrons. The third-order valence-corrected chi connectivity index (χ3v) is 3.49. The fourth-order valence-corrected chi connectivity index (χ4v) is 2.09. The number of hydrogen-bond acceptors (Lipinski definition) is 2. The van der Waals surface area contributed by atoms with Crippen molar-refractivity contribution in [3.8, 4) is 0 Å². The Morgan fingerprint density at radius 3 is 1.36 bits per heavy atom. The van der Waals surface area contributed by atoms with E-state index in [9.17, 15) is 0 Å². The summed E-state index contributed by atoms with van der Waals surface area (Å²) >= 11 is 0. The third kappa shape index (κ3) is 9.97. The molecule has 0 saturated carbocycles. The molecule has 0 aliphatic rings. The molecule has 1 rings (SSSR count). The number of benzene rings is 1. The molecule has 2 nitrogen and oxygen atoms in total. The number of rotatable bonds is 9. The Labute approximate surface area is 138 Å².